The Hall–Kier alpha value is -0.830. The Kier molecular flexibility index (Phi) is 2.12. The Labute approximate surface area is 84.3 Å². The van der Waals surface area contributed by atoms with Crippen LogP contribution in [0.15, 0.2) is 28.7 Å². The lowest BCUT2D eigenvalue weighted by atomic mass is 10.2. The molecule has 1 heterocycles. The zero-order chi connectivity index (χ0) is 9.42. The van der Waals surface area contributed by atoms with Gasteiger partial charge in [0, 0.05) is 28.1 Å². The minimum absolute atomic E-state index is 0.414. The number of hydrogen-bond acceptors (Lipinski definition) is 0. The molecule has 13 heavy (non-hydrogen) atoms. The zero-order valence-corrected chi connectivity index (χ0v) is 8.81. The number of aryl methyl sites for hydroxylation is 1. The van der Waals surface area contributed by atoms with Gasteiger partial charge in [-0.25, -0.2) is 4.39 Å². The molecule has 2 aromatic rings. The maximum absolute atomic E-state index is 12.5. The van der Waals surface area contributed by atoms with Crippen molar-refractivity contribution >= 4 is 26.8 Å². The van der Waals surface area contributed by atoms with E-state index in [0.29, 0.717) is 5.69 Å². The van der Waals surface area contributed by atoms with Crippen LogP contribution < -0.4 is 0 Å². The summed E-state index contributed by atoms with van der Waals surface area (Å²) in [6.45, 7) is -0.414. The van der Waals surface area contributed by atoms with Gasteiger partial charge in [0.15, 0.2) is 0 Å². The number of halogens is 2. The Morgan fingerprint density at radius 1 is 1.38 bits per heavy atom. The summed E-state index contributed by atoms with van der Waals surface area (Å²) in [6, 6.07) is 7.82. The summed E-state index contributed by atoms with van der Waals surface area (Å²) in [6.07, 6.45) is 0. The molecule has 0 fully saturated rings. The molecule has 0 aliphatic heterocycles. The van der Waals surface area contributed by atoms with Crippen molar-refractivity contribution in [2.24, 2.45) is 7.05 Å². The van der Waals surface area contributed by atoms with E-state index in [1.54, 1.807) is 0 Å². The van der Waals surface area contributed by atoms with Crippen LogP contribution in [0.2, 0.25) is 0 Å². The minimum atomic E-state index is -0.414. The van der Waals surface area contributed by atoms with Crippen molar-refractivity contribution in [2.75, 3.05) is 0 Å². The first-order chi connectivity index (χ1) is 6.22. The molecule has 1 aromatic carbocycles. The largest absolute Gasteiger partial charge is 0.345 e. The SMILES string of the molecule is Cn1c(CF)cc2ccc(Br)cc21. The average molecular weight is 242 g/mol. The summed E-state index contributed by atoms with van der Waals surface area (Å²) in [5.41, 5.74) is 1.77. The summed E-state index contributed by atoms with van der Waals surface area (Å²) >= 11 is 3.39. The van der Waals surface area contributed by atoms with Gasteiger partial charge in [-0.1, -0.05) is 22.0 Å². The number of alkyl halides is 1. The lowest BCUT2D eigenvalue weighted by Crippen LogP contribution is -1.92. The number of aromatic nitrogens is 1. The molecule has 1 nitrogen and oxygen atoms in total. The predicted octanol–water partition coefficient (Wildman–Crippen LogP) is 3.41. The van der Waals surface area contributed by atoms with Gasteiger partial charge in [0.1, 0.15) is 6.67 Å². The van der Waals surface area contributed by atoms with E-state index in [9.17, 15) is 4.39 Å². The maximum Gasteiger partial charge on any atom is 0.129 e. The molecule has 1 aromatic heterocycles. The molecule has 0 N–H and O–H groups in total. The van der Waals surface area contributed by atoms with Gasteiger partial charge in [-0.05, 0) is 18.2 Å². The molecule has 0 saturated heterocycles. The van der Waals surface area contributed by atoms with Crippen molar-refractivity contribution in [3.63, 3.8) is 0 Å². The van der Waals surface area contributed by atoms with Crippen LogP contribution >= 0.6 is 15.9 Å². The molecular weight excluding hydrogens is 233 g/mol. The standard InChI is InChI=1S/C10H9BrFN/c1-13-9(6-12)4-7-2-3-8(11)5-10(7)13/h2-5H,6H2,1H3. The van der Waals surface area contributed by atoms with Crippen molar-refractivity contribution < 1.29 is 4.39 Å². The van der Waals surface area contributed by atoms with Gasteiger partial charge in [-0.3, -0.25) is 0 Å². The lowest BCUT2D eigenvalue weighted by Gasteiger charge is -1.99. The molecular formula is C10H9BrFN. The number of benzene rings is 1. The molecule has 0 amide bonds. The summed E-state index contributed by atoms with van der Waals surface area (Å²) < 4.78 is 15.4. The van der Waals surface area contributed by atoms with Crippen LogP contribution in [-0.4, -0.2) is 4.57 Å². The molecule has 0 saturated carbocycles. The van der Waals surface area contributed by atoms with Gasteiger partial charge in [0.05, 0.1) is 0 Å². The Morgan fingerprint density at radius 2 is 2.15 bits per heavy atom. The third kappa shape index (κ3) is 1.37. The van der Waals surface area contributed by atoms with Crippen molar-refractivity contribution in [3.05, 3.63) is 34.4 Å². The third-order valence-corrected chi connectivity index (χ3v) is 2.74. The average Bonchev–Trinajstić information content (AvgIpc) is 2.44. The zero-order valence-electron chi connectivity index (χ0n) is 7.22. The van der Waals surface area contributed by atoms with Crippen LogP contribution in [0.4, 0.5) is 4.39 Å². The molecule has 68 valence electrons. The highest BCUT2D eigenvalue weighted by molar-refractivity contribution is 9.10. The Bertz CT molecular complexity index is 447. The predicted molar refractivity (Wildman–Crippen MR) is 55.4 cm³/mol. The quantitative estimate of drug-likeness (QED) is 0.722. The second kappa shape index (κ2) is 3.14. The first-order valence-corrected chi connectivity index (χ1v) is 4.81. The molecule has 0 bridgehead atoms. The Balaban J connectivity index is 2.77. The van der Waals surface area contributed by atoms with E-state index in [0.717, 1.165) is 15.4 Å². The third-order valence-electron chi connectivity index (χ3n) is 2.24. The van der Waals surface area contributed by atoms with Crippen LogP contribution in [0.1, 0.15) is 5.69 Å². The van der Waals surface area contributed by atoms with Crippen molar-refractivity contribution in [1.82, 2.24) is 4.57 Å². The van der Waals surface area contributed by atoms with Crippen LogP contribution in [0, 0.1) is 0 Å². The highest BCUT2D eigenvalue weighted by Crippen LogP contribution is 2.23. The smallest absolute Gasteiger partial charge is 0.129 e. The monoisotopic (exact) mass is 241 g/mol. The number of rotatable bonds is 1. The molecule has 0 atom stereocenters. The molecule has 0 spiro atoms. The lowest BCUT2D eigenvalue weighted by molar-refractivity contribution is 0.467. The second-order valence-electron chi connectivity index (χ2n) is 3.03. The van der Waals surface area contributed by atoms with E-state index >= 15 is 0 Å². The number of fused-ring (bicyclic) bond motifs is 1. The van der Waals surface area contributed by atoms with Crippen LogP contribution in [0.25, 0.3) is 10.9 Å². The van der Waals surface area contributed by atoms with Crippen LogP contribution in [-0.2, 0) is 13.7 Å². The summed E-state index contributed by atoms with van der Waals surface area (Å²) in [7, 11) is 1.88. The summed E-state index contributed by atoms with van der Waals surface area (Å²) in [4.78, 5) is 0. The molecule has 0 radical (unpaired) electrons. The van der Waals surface area contributed by atoms with Crippen molar-refractivity contribution in [3.8, 4) is 0 Å². The highest BCUT2D eigenvalue weighted by Gasteiger charge is 2.04. The maximum atomic E-state index is 12.5. The van der Waals surface area contributed by atoms with Gasteiger partial charge >= 0.3 is 0 Å². The van der Waals surface area contributed by atoms with Crippen LogP contribution in [0.5, 0.6) is 0 Å². The molecule has 0 unspecified atom stereocenters. The van der Waals surface area contributed by atoms with Crippen molar-refractivity contribution in [2.45, 2.75) is 6.67 Å². The van der Waals surface area contributed by atoms with E-state index in [-0.39, 0.29) is 0 Å². The Morgan fingerprint density at radius 3 is 2.85 bits per heavy atom. The fraction of sp³-hybridized carbons (Fsp3) is 0.200. The van der Waals surface area contributed by atoms with Gasteiger partial charge in [-0.15, -0.1) is 0 Å². The van der Waals surface area contributed by atoms with Gasteiger partial charge < -0.3 is 4.57 Å². The molecule has 0 aliphatic carbocycles. The number of hydrogen-bond donors (Lipinski definition) is 0. The fourth-order valence-electron chi connectivity index (χ4n) is 1.49. The first kappa shape index (κ1) is 8.75. The molecule has 2 rings (SSSR count). The fourth-order valence-corrected chi connectivity index (χ4v) is 1.84. The summed E-state index contributed by atoms with van der Waals surface area (Å²) in [5, 5.41) is 1.08. The number of nitrogens with zero attached hydrogens (tertiary/aromatic N) is 1. The van der Waals surface area contributed by atoms with E-state index in [1.165, 1.54) is 0 Å². The normalized spacial score (nSPS) is 11.0. The minimum Gasteiger partial charge on any atom is -0.345 e. The first-order valence-electron chi connectivity index (χ1n) is 4.02. The van der Waals surface area contributed by atoms with Gasteiger partial charge in [0.25, 0.3) is 0 Å². The van der Waals surface area contributed by atoms with Gasteiger partial charge in [0.2, 0.25) is 0 Å². The topological polar surface area (TPSA) is 4.93 Å². The highest BCUT2D eigenvalue weighted by atomic mass is 79.9. The molecule has 0 aliphatic rings. The second-order valence-corrected chi connectivity index (χ2v) is 3.95. The van der Waals surface area contributed by atoms with Crippen molar-refractivity contribution in [1.29, 1.82) is 0 Å². The van der Waals surface area contributed by atoms with E-state index < -0.39 is 6.67 Å². The van der Waals surface area contributed by atoms with Gasteiger partial charge in [-0.2, -0.15) is 0 Å². The molecule has 3 heteroatoms. The summed E-state index contributed by atoms with van der Waals surface area (Å²) in [5.74, 6) is 0. The van der Waals surface area contributed by atoms with E-state index in [4.69, 9.17) is 0 Å². The van der Waals surface area contributed by atoms with E-state index in [2.05, 4.69) is 15.9 Å². The van der Waals surface area contributed by atoms with Crippen LogP contribution in [0.3, 0.4) is 0 Å². The van der Waals surface area contributed by atoms with E-state index in [1.807, 2.05) is 35.9 Å².